The first-order chi connectivity index (χ1) is 9.17. The first-order valence-electron chi connectivity index (χ1n) is 7.56. The molecule has 2 N–H and O–H groups in total. The van der Waals surface area contributed by atoms with Crippen LogP contribution in [0.3, 0.4) is 0 Å². The van der Waals surface area contributed by atoms with Gasteiger partial charge in [0, 0.05) is 32.7 Å². The third-order valence-corrected chi connectivity index (χ3v) is 4.74. The number of likely N-dealkylation sites (tertiary alicyclic amines) is 1. The van der Waals surface area contributed by atoms with Crippen molar-refractivity contribution >= 4 is 5.91 Å². The maximum atomic E-state index is 12.2. The molecule has 0 spiro atoms. The second-order valence-corrected chi connectivity index (χ2v) is 6.30. The third kappa shape index (κ3) is 3.09. The summed E-state index contributed by atoms with van der Waals surface area (Å²) in [5.41, 5.74) is 5.50. The van der Waals surface area contributed by atoms with Crippen LogP contribution in [0, 0.1) is 5.92 Å². The molecule has 1 aliphatic carbocycles. The lowest BCUT2D eigenvalue weighted by atomic mass is 9.95. The number of hydrogen-bond donors (Lipinski definition) is 1. The highest BCUT2D eigenvalue weighted by atomic mass is 16.5. The number of carbonyl (C=O) groups excluding carboxylic acids is 1. The standard InChI is InChI=1S/C14H25N3O2/c15-14(3-4-14)13(18)17-5-1-12(2-6-17)11-16-7-9-19-10-8-16/h12H,1-11,15H2. The predicted octanol–water partition coefficient (Wildman–Crippen LogP) is 0.0485. The summed E-state index contributed by atoms with van der Waals surface area (Å²) in [5.74, 6) is 0.924. The smallest absolute Gasteiger partial charge is 0.242 e. The minimum atomic E-state index is -0.489. The van der Waals surface area contributed by atoms with E-state index in [1.807, 2.05) is 4.90 Å². The Bertz CT molecular complexity index is 330. The van der Waals surface area contributed by atoms with Crippen LogP contribution in [-0.4, -0.2) is 67.2 Å². The van der Waals surface area contributed by atoms with Gasteiger partial charge in [-0.15, -0.1) is 0 Å². The molecule has 0 aromatic heterocycles. The summed E-state index contributed by atoms with van der Waals surface area (Å²) in [4.78, 5) is 16.6. The lowest BCUT2D eigenvalue weighted by Gasteiger charge is -2.36. The average molecular weight is 267 g/mol. The van der Waals surface area contributed by atoms with Crippen molar-refractivity contribution in [3.63, 3.8) is 0 Å². The van der Waals surface area contributed by atoms with Gasteiger partial charge in [0.05, 0.1) is 18.8 Å². The molecule has 0 bridgehead atoms. The molecule has 3 fully saturated rings. The molecule has 0 atom stereocenters. The zero-order chi connectivity index (χ0) is 13.3. The van der Waals surface area contributed by atoms with Crippen LogP contribution in [0.25, 0.3) is 0 Å². The summed E-state index contributed by atoms with van der Waals surface area (Å²) in [6.07, 6.45) is 4.00. The van der Waals surface area contributed by atoms with E-state index in [2.05, 4.69) is 4.90 Å². The van der Waals surface area contributed by atoms with Crippen molar-refractivity contribution in [1.29, 1.82) is 0 Å². The molecule has 0 radical (unpaired) electrons. The number of ether oxygens (including phenoxy) is 1. The van der Waals surface area contributed by atoms with Gasteiger partial charge in [-0.2, -0.15) is 0 Å². The van der Waals surface area contributed by atoms with E-state index in [4.69, 9.17) is 10.5 Å². The van der Waals surface area contributed by atoms with E-state index in [1.54, 1.807) is 0 Å². The van der Waals surface area contributed by atoms with Crippen molar-refractivity contribution in [2.45, 2.75) is 31.2 Å². The minimum Gasteiger partial charge on any atom is -0.379 e. The zero-order valence-corrected chi connectivity index (χ0v) is 11.6. The number of nitrogens with two attached hydrogens (primary N) is 1. The van der Waals surface area contributed by atoms with Crippen molar-refractivity contribution in [2.75, 3.05) is 45.9 Å². The maximum Gasteiger partial charge on any atom is 0.242 e. The number of nitrogens with zero attached hydrogens (tertiary/aromatic N) is 2. The second-order valence-electron chi connectivity index (χ2n) is 6.30. The first-order valence-corrected chi connectivity index (χ1v) is 7.56. The highest BCUT2D eigenvalue weighted by Gasteiger charge is 2.48. The average Bonchev–Trinajstić information content (AvgIpc) is 3.19. The SMILES string of the molecule is NC1(C(=O)N2CCC(CN3CCOCC3)CC2)CC1. The fourth-order valence-corrected chi connectivity index (χ4v) is 3.13. The first kappa shape index (κ1) is 13.3. The van der Waals surface area contributed by atoms with Crippen molar-refractivity contribution in [3.05, 3.63) is 0 Å². The lowest BCUT2D eigenvalue weighted by Crippen LogP contribution is -2.50. The van der Waals surface area contributed by atoms with E-state index >= 15 is 0 Å². The topological polar surface area (TPSA) is 58.8 Å². The highest BCUT2D eigenvalue weighted by molar-refractivity contribution is 5.89. The molecule has 2 heterocycles. The highest BCUT2D eigenvalue weighted by Crippen LogP contribution is 2.35. The van der Waals surface area contributed by atoms with Gasteiger partial charge in [-0.3, -0.25) is 9.69 Å². The predicted molar refractivity (Wildman–Crippen MR) is 72.7 cm³/mol. The van der Waals surface area contributed by atoms with Crippen molar-refractivity contribution in [1.82, 2.24) is 9.80 Å². The number of rotatable bonds is 3. The van der Waals surface area contributed by atoms with E-state index in [1.165, 1.54) is 6.54 Å². The molecule has 3 rings (SSSR count). The Kier molecular flexibility index (Phi) is 3.78. The molecule has 5 nitrogen and oxygen atoms in total. The van der Waals surface area contributed by atoms with E-state index in [9.17, 15) is 4.79 Å². The van der Waals surface area contributed by atoms with Gasteiger partial charge in [0.1, 0.15) is 0 Å². The zero-order valence-electron chi connectivity index (χ0n) is 11.6. The van der Waals surface area contributed by atoms with Gasteiger partial charge in [0.15, 0.2) is 0 Å². The normalized spacial score (nSPS) is 28.4. The van der Waals surface area contributed by atoms with Crippen LogP contribution in [-0.2, 0) is 9.53 Å². The Morgan fingerprint density at radius 1 is 1.16 bits per heavy atom. The molecule has 19 heavy (non-hydrogen) atoms. The summed E-state index contributed by atoms with van der Waals surface area (Å²) in [5, 5.41) is 0. The Balaban J connectivity index is 1.42. The van der Waals surface area contributed by atoms with Gasteiger partial charge in [-0.25, -0.2) is 0 Å². The van der Waals surface area contributed by atoms with Gasteiger partial charge in [-0.1, -0.05) is 0 Å². The minimum absolute atomic E-state index is 0.192. The van der Waals surface area contributed by atoms with Crippen LogP contribution in [0.4, 0.5) is 0 Å². The molecule has 108 valence electrons. The van der Waals surface area contributed by atoms with Crippen molar-refractivity contribution in [2.24, 2.45) is 11.7 Å². The molecule has 3 aliphatic rings. The van der Waals surface area contributed by atoms with Gasteiger partial charge in [0.2, 0.25) is 5.91 Å². The molecule has 2 saturated heterocycles. The van der Waals surface area contributed by atoms with Gasteiger partial charge >= 0.3 is 0 Å². The largest absolute Gasteiger partial charge is 0.379 e. The van der Waals surface area contributed by atoms with Crippen LogP contribution in [0.1, 0.15) is 25.7 Å². The fraction of sp³-hybridized carbons (Fsp3) is 0.929. The summed E-state index contributed by atoms with van der Waals surface area (Å²) < 4.78 is 5.37. The van der Waals surface area contributed by atoms with E-state index in [0.29, 0.717) is 0 Å². The van der Waals surface area contributed by atoms with Gasteiger partial charge in [0.25, 0.3) is 0 Å². The van der Waals surface area contributed by atoms with Crippen LogP contribution in [0.2, 0.25) is 0 Å². The van der Waals surface area contributed by atoms with Crippen LogP contribution in [0.5, 0.6) is 0 Å². The molecule has 1 saturated carbocycles. The number of morpholine rings is 1. The molecular weight excluding hydrogens is 242 g/mol. The molecule has 2 aliphatic heterocycles. The summed E-state index contributed by atoms with van der Waals surface area (Å²) in [7, 11) is 0. The molecule has 0 aromatic carbocycles. The second kappa shape index (κ2) is 5.38. The molecule has 5 heteroatoms. The maximum absolute atomic E-state index is 12.2. The summed E-state index contributed by atoms with van der Waals surface area (Å²) in [6, 6.07) is 0. The third-order valence-electron chi connectivity index (χ3n) is 4.74. The number of piperidine rings is 1. The molecule has 1 amide bonds. The van der Waals surface area contributed by atoms with Crippen molar-refractivity contribution < 1.29 is 9.53 Å². The molecule has 0 aromatic rings. The fourth-order valence-electron chi connectivity index (χ4n) is 3.13. The summed E-state index contributed by atoms with van der Waals surface area (Å²) >= 11 is 0. The monoisotopic (exact) mass is 267 g/mol. The van der Waals surface area contributed by atoms with Crippen LogP contribution < -0.4 is 5.73 Å². The quantitative estimate of drug-likeness (QED) is 0.785. The van der Waals surface area contributed by atoms with Gasteiger partial charge in [-0.05, 0) is 31.6 Å². The van der Waals surface area contributed by atoms with E-state index < -0.39 is 5.54 Å². The Labute approximate surface area is 115 Å². The van der Waals surface area contributed by atoms with E-state index in [-0.39, 0.29) is 5.91 Å². The number of carbonyl (C=O) groups is 1. The van der Waals surface area contributed by atoms with Crippen LogP contribution in [0.15, 0.2) is 0 Å². The summed E-state index contributed by atoms with van der Waals surface area (Å²) in [6.45, 7) is 6.81. The Hall–Kier alpha value is -0.650. The lowest BCUT2D eigenvalue weighted by molar-refractivity contribution is -0.135. The van der Waals surface area contributed by atoms with Gasteiger partial charge < -0.3 is 15.4 Å². The van der Waals surface area contributed by atoms with E-state index in [0.717, 1.165) is 71.0 Å². The van der Waals surface area contributed by atoms with Crippen LogP contribution >= 0.6 is 0 Å². The molecule has 0 unspecified atom stereocenters. The molecular formula is C14H25N3O2. The Morgan fingerprint density at radius 2 is 1.79 bits per heavy atom. The van der Waals surface area contributed by atoms with Crippen molar-refractivity contribution in [3.8, 4) is 0 Å². The number of amides is 1. The number of hydrogen-bond acceptors (Lipinski definition) is 4. The Morgan fingerprint density at radius 3 is 2.37 bits per heavy atom.